The Bertz CT molecular complexity index is 947. The molecule has 0 radical (unpaired) electrons. The molecule has 2 aromatic heterocycles. The molecule has 0 atom stereocenters. The molecule has 0 bridgehead atoms. The third-order valence-corrected chi connectivity index (χ3v) is 3.46. The van der Waals surface area contributed by atoms with Gasteiger partial charge in [0, 0.05) is 24.0 Å². The van der Waals surface area contributed by atoms with Gasteiger partial charge >= 0.3 is 5.69 Å². The number of benzene rings is 1. The lowest BCUT2D eigenvalue weighted by Gasteiger charge is -2.04. The molecule has 0 N–H and O–H groups in total. The van der Waals surface area contributed by atoms with Crippen molar-refractivity contribution < 1.29 is 18.9 Å². The van der Waals surface area contributed by atoms with Crippen molar-refractivity contribution in [3.05, 3.63) is 94.2 Å². The number of ether oxygens (including phenoxy) is 1. The van der Waals surface area contributed by atoms with E-state index < -0.39 is 4.92 Å². The van der Waals surface area contributed by atoms with Crippen LogP contribution < -0.4 is 4.74 Å². The molecule has 0 aliphatic carbocycles. The van der Waals surface area contributed by atoms with Crippen LogP contribution in [0.15, 0.2) is 71.4 Å². The molecule has 3 rings (SSSR count). The van der Waals surface area contributed by atoms with Crippen LogP contribution in [0.1, 0.15) is 21.9 Å². The highest BCUT2D eigenvalue weighted by Crippen LogP contribution is 2.26. The lowest BCUT2D eigenvalue weighted by atomic mass is 10.2. The van der Waals surface area contributed by atoms with E-state index in [1.54, 1.807) is 48.7 Å². The first kappa shape index (κ1) is 17.1. The van der Waals surface area contributed by atoms with Gasteiger partial charge in [-0.3, -0.25) is 19.9 Å². The van der Waals surface area contributed by atoms with Gasteiger partial charge < -0.3 is 9.15 Å². The number of furan rings is 1. The smallest absolute Gasteiger partial charge is 0.310 e. The van der Waals surface area contributed by atoms with Gasteiger partial charge in [-0.2, -0.15) is 0 Å². The summed E-state index contributed by atoms with van der Waals surface area (Å²) in [5.41, 5.74) is 0.372. The largest absolute Gasteiger partial charge is 0.479 e. The summed E-state index contributed by atoms with van der Waals surface area (Å²) in [6.07, 6.45) is 6.02. The van der Waals surface area contributed by atoms with Crippen LogP contribution in [0.25, 0.3) is 6.08 Å². The van der Waals surface area contributed by atoms with Crippen molar-refractivity contribution in [1.82, 2.24) is 4.98 Å². The highest BCUT2D eigenvalue weighted by atomic mass is 16.6. The van der Waals surface area contributed by atoms with Crippen molar-refractivity contribution in [2.75, 3.05) is 0 Å². The van der Waals surface area contributed by atoms with Crippen LogP contribution in [0, 0.1) is 10.1 Å². The summed E-state index contributed by atoms with van der Waals surface area (Å²) < 4.78 is 11.0. The summed E-state index contributed by atoms with van der Waals surface area (Å²) in [4.78, 5) is 26.3. The first-order valence-electron chi connectivity index (χ1n) is 7.71. The maximum atomic E-state index is 12.0. The maximum absolute atomic E-state index is 12.0. The van der Waals surface area contributed by atoms with Crippen molar-refractivity contribution in [2.24, 2.45) is 0 Å². The molecule has 130 valence electrons. The summed E-state index contributed by atoms with van der Waals surface area (Å²) in [5, 5.41) is 11.0. The molecule has 0 aliphatic rings. The number of carbonyl (C=O) groups excluding carboxylic acids is 1. The average molecular weight is 350 g/mol. The standard InChI is InChI=1S/C19H14N2O5/c22-18(14-4-3-11-20-12-14)10-9-15-7-8-16(26-15)13-25-19-6-2-1-5-17(19)21(23)24/h1-12H,13H2/b10-9+. The monoisotopic (exact) mass is 350 g/mol. The topological polar surface area (TPSA) is 95.5 Å². The summed E-state index contributed by atoms with van der Waals surface area (Å²) in [7, 11) is 0. The lowest BCUT2D eigenvalue weighted by molar-refractivity contribution is -0.386. The van der Waals surface area contributed by atoms with Crippen molar-refractivity contribution in [2.45, 2.75) is 6.61 Å². The number of carbonyl (C=O) groups is 1. The number of hydrogen-bond donors (Lipinski definition) is 0. The fourth-order valence-corrected chi connectivity index (χ4v) is 2.20. The zero-order chi connectivity index (χ0) is 18.4. The third kappa shape index (κ3) is 4.21. The normalized spacial score (nSPS) is 10.8. The summed E-state index contributed by atoms with van der Waals surface area (Å²) >= 11 is 0. The van der Waals surface area contributed by atoms with Gasteiger partial charge in [-0.1, -0.05) is 12.1 Å². The van der Waals surface area contributed by atoms with E-state index in [0.717, 1.165) is 0 Å². The van der Waals surface area contributed by atoms with Gasteiger partial charge in [0.15, 0.2) is 11.5 Å². The molecule has 7 heteroatoms. The van der Waals surface area contributed by atoms with E-state index in [1.165, 1.54) is 24.4 Å². The number of ketones is 1. The molecule has 1 aromatic carbocycles. The molecule has 3 aromatic rings. The number of nitro groups is 1. The van der Waals surface area contributed by atoms with Gasteiger partial charge in [0.2, 0.25) is 0 Å². The molecule has 0 saturated heterocycles. The molecule has 0 saturated carbocycles. The fraction of sp³-hybridized carbons (Fsp3) is 0.0526. The van der Waals surface area contributed by atoms with Crippen LogP contribution in [-0.2, 0) is 6.61 Å². The Morgan fingerprint density at radius 3 is 2.81 bits per heavy atom. The highest BCUT2D eigenvalue weighted by Gasteiger charge is 2.14. The minimum atomic E-state index is -0.504. The van der Waals surface area contributed by atoms with E-state index in [2.05, 4.69) is 4.98 Å². The molecule has 7 nitrogen and oxygen atoms in total. The van der Waals surface area contributed by atoms with E-state index in [4.69, 9.17) is 9.15 Å². The van der Waals surface area contributed by atoms with E-state index in [9.17, 15) is 14.9 Å². The van der Waals surface area contributed by atoms with Gasteiger partial charge in [0.05, 0.1) is 4.92 Å². The summed E-state index contributed by atoms with van der Waals surface area (Å²) in [6.45, 7) is 0.0369. The van der Waals surface area contributed by atoms with E-state index in [0.29, 0.717) is 17.1 Å². The molecule has 0 unspecified atom stereocenters. The van der Waals surface area contributed by atoms with Gasteiger partial charge in [-0.25, -0.2) is 0 Å². The van der Waals surface area contributed by atoms with E-state index in [1.807, 2.05) is 0 Å². The first-order chi connectivity index (χ1) is 12.6. The first-order valence-corrected chi connectivity index (χ1v) is 7.71. The minimum absolute atomic E-state index is 0.0369. The second-order valence-corrected chi connectivity index (χ2v) is 5.26. The predicted octanol–water partition coefficient (Wildman–Crippen LogP) is 4.06. The van der Waals surface area contributed by atoms with Crippen molar-refractivity contribution in [3.8, 4) is 5.75 Å². The number of pyridine rings is 1. The molecular weight excluding hydrogens is 336 g/mol. The second kappa shape index (κ2) is 7.89. The average Bonchev–Trinajstić information content (AvgIpc) is 3.13. The molecule has 0 aliphatic heterocycles. The number of hydrogen-bond acceptors (Lipinski definition) is 6. The van der Waals surface area contributed by atoms with Crippen LogP contribution in [0.5, 0.6) is 5.75 Å². The van der Waals surface area contributed by atoms with E-state index in [-0.39, 0.29) is 23.8 Å². The molecule has 0 spiro atoms. The van der Waals surface area contributed by atoms with Crippen LogP contribution >= 0.6 is 0 Å². The number of nitrogens with zero attached hydrogens (tertiary/aromatic N) is 2. The molecular formula is C19H14N2O5. The maximum Gasteiger partial charge on any atom is 0.310 e. The van der Waals surface area contributed by atoms with Gasteiger partial charge in [-0.05, 0) is 42.5 Å². The molecule has 0 fully saturated rings. The van der Waals surface area contributed by atoms with Crippen LogP contribution in [0.4, 0.5) is 5.69 Å². The van der Waals surface area contributed by atoms with Crippen molar-refractivity contribution >= 4 is 17.5 Å². The molecule has 0 amide bonds. The van der Waals surface area contributed by atoms with Crippen molar-refractivity contribution in [3.63, 3.8) is 0 Å². The number of aromatic nitrogens is 1. The highest BCUT2D eigenvalue weighted by molar-refractivity contribution is 6.06. The van der Waals surface area contributed by atoms with Crippen molar-refractivity contribution in [1.29, 1.82) is 0 Å². The Labute approximate surface area is 148 Å². The van der Waals surface area contributed by atoms with Gasteiger partial charge in [-0.15, -0.1) is 0 Å². The number of allylic oxidation sites excluding steroid dienone is 1. The number of nitro benzene ring substituents is 1. The Balaban J connectivity index is 1.63. The van der Waals surface area contributed by atoms with Gasteiger partial charge in [0.1, 0.15) is 18.1 Å². The third-order valence-electron chi connectivity index (χ3n) is 3.46. The second-order valence-electron chi connectivity index (χ2n) is 5.26. The summed E-state index contributed by atoms with van der Waals surface area (Å²) in [5.74, 6) is 0.935. The quantitative estimate of drug-likeness (QED) is 0.276. The Kier molecular flexibility index (Phi) is 5.19. The molecule has 26 heavy (non-hydrogen) atoms. The van der Waals surface area contributed by atoms with Crippen LogP contribution in [-0.4, -0.2) is 15.7 Å². The summed E-state index contributed by atoms with van der Waals surface area (Å²) in [6, 6.07) is 12.8. The predicted molar refractivity (Wildman–Crippen MR) is 93.7 cm³/mol. The van der Waals surface area contributed by atoms with Crippen LogP contribution in [0.3, 0.4) is 0 Å². The number of para-hydroxylation sites is 2. The van der Waals surface area contributed by atoms with Gasteiger partial charge in [0.25, 0.3) is 0 Å². The number of rotatable bonds is 7. The fourth-order valence-electron chi connectivity index (χ4n) is 2.20. The molecule has 2 heterocycles. The minimum Gasteiger partial charge on any atom is -0.479 e. The Morgan fingerprint density at radius 1 is 1.19 bits per heavy atom. The zero-order valence-electron chi connectivity index (χ0n) is 13.6. The Morgan fingerprint density at radius 2 is 2.04 bits per heavy atom. The Hall–Kier alpha value is -3.74. The van der Waals surface area contributed by atoms with E-state index >= 15 is 0 Å². The SMILES string of the molecule is O=C(/C=C/c1ccc(COc2ccccc2[N+](=O)[O-])o1)c1cccnc1. The van der Waals surface area contributed by atoms with Crippen LogP contribution in [0.2, 0.25) is 0 Å². The lowest BCUT2D eigenvalue weighted by Crippen LogP contribution is -1.97. The zero-order valence-corrected chi connectivity index (χ0v) is 13.6.